The van der Waals surface area contributed by atoms with Crippen molar-refractivity contribution in [1.29, 1.82) is 0 Å². The Morgan fingerprint density at radius 2 is 1.96 bits per heavy atom. The Morgan fingerprint density at radius 1 is 1.15 bits per heavy atom. The molecule has 1 amide bonds. The fourth-order valence-electron chi connectivity index (χ4n) is 3.32. The Hall–Kier alpha value is -2.53. The number of carbonyl (C=O) groups is 1. The number of ether oxygens (including phenoxy) is 2. The molecule has 138 valence electrons. The summed E-state index contributed by atoms with van der Waals surface area (Å²) in [5, 5.41) is 6.38. The normalized spacial score (nSPS) is 16.8. The lowest BCUT2D eigenvalue weighted by Gasteiger charge is -2.23. The van der Waals surface area contributed by atoms with E-state index < -0.39 is 0 Å². The van der Waals surface area contributed by atoms with Crippen LogP contribution in [0.15, 0.2) is 42.5 Å². The quantitative estimate of drug-likeness (QED) is 0.837. The van der Waals surface area contributed by atoms with Crippen LogP contribution in [-0.4, -0.2) is 33.2 Å². The molecule has 0 radical (unpaired) electrons. The van der Waals surface area contributed by atoms with Gasteiger partial charge in [0.25, 0.3) is 5.91 Å². The topological polar surface area (TPSA) is 59.6 Å². The molecule has 2 aromatic rings. The van der Waals surface area contributed by atoms with Gasteiger partial charge in [0.15, 0.2) is 0 Å². The summed E-state index contributed by atoms with van der Waals surface area (Å²) in [5.74, 6) is 1.88. The van der Waals surface area contributed by atoms with Gasteiger partial charge in [-0.05, 0) is 55.1 Å². The number of amides is 1. The molecule has 0 bridgehead atoms. The molecule has 1 saturated heterocycles. The summed E-state index contributed by atoms with van der Waals surface area (Å²) in [7, 11) is 3.22. The van der Waals surface area contributed by atoms with Crippen LogP contribution in [0, 0.1) is 0 Å². The van der Waals surface area contributed by atoms with Crippen molar-refractivity contribution in [2.75, 3.05) is 27.3 Å². The van der Waals surface area contributed by atoms with Crippen molar-refractivity contribution in [3.8, 4) is 11.5 Å². The number of hydrogen-bond acceptors (Lipinski definition) is 4. The Balaban J connectivity index is 1.61. The van der Waals surface area contributed by atoms with Gasteiger partial charge in [0.2, 0.25) is 0 Å². The van der Waals surface area contributed by atoms with Gasteiger partial charge in [-0.15, -0.1) is 0 Å². The van der Waals surface area contributed by atoms with Gasteiger partial charge in [-0.3, -0.25) is 4.79 Å². The lowest BCUT2D eigenvalue weighted by atomic mass is 9.91. The van der Waals surface area contributed by atoms with Crippen LogP contribution in [0.25, 0.3) is 0 Å². The Kier molecular flexibility index (Phi) is 6.12. The van der Waals surface area contributed by atoms with Crippen LogP contribution in [-0.2, 0) is 6.54 Å². The molecule has 0 aliphatic carbocycles. The van der Waals surface area contributed by atoms with Crippen LogP contribution in [0.4, 0.5) is 0 Å². The van der Waals surface area contributed by atoms with Crippen molar-refractivity contribution < 1.29 is 14.3 Å². The first-order chi connectivity index (χ1) is 12.7. The van der Waals surface area contributed by atoms with E-state index in [9.17, 15) is 4.79 Å². The summed E-state index contributed by atoms with van der Waals surface area (Å²) in [5.41, 5.74) is 2.88. The SMILES string of the molecule is COc1ccc(CNC(=O)c2ccc(C3CCCNC3)cc2)c(OC)c1. The summed E-state index contributed by atoms with van der Waals surface area (Å²) in [6.45, 7) is 2.52. The molecule has 5 heteroatoms. The molecule has 1 fully saturated rings. The maximum Gasteiger partial charge on any atom is 0.251 e. The molecule has 2 N–H and O–H groups in total. The molecule has 2 aromatic carbocycles. The van der Waals surface area contributed by atoms with Crippen LogP contribution in [0.5, 0.6) is 11.5 Å². The lowest BCUT2D eigenvalue weighted by Crippen LogP contribution is -2.28. The van der Waals surface area contributed by atoms with Crippen LogP contribution in [0.2, 0.25) is 0 Å². The summed E-state index contributed by atoms with van der Waals surface area (Å²) < 4.78 is 10.6. The number of piperidine rings is 1. The zero-order valence-electron chi connectivity index (χ0n) is 15.4. The van der Waals surface area contributed by atoms with Crippen molar-refractivity contribution in [3.63, 3.8) is 0 Å². The number of benzene rings is 2. The molecule has 1 heterocycles. The molecule has 1 atom stereocenters. The first kappa shape index (κ1) is 18.3. The van der Waals surface area contributed by atoms with E-state index in [2.05, 4.69) is 22.8 Å². The van der Waals surface area contributed by atoms with Crippen molar-refractivity contribution in [2.24, 2.45) is 0 Å². The molecule has 1 aliphatic rings. The van der Waals surface area contributed by atoms with Crippen LogP contribution in [0.3, 0.4) is 0 Å². The Morgan fingerprint density at radius 3 is 2.62 bits per heavy atom. The fraction of sp³-hybridized carbons (Fsp3) is 0.381. The van der Waals surface area contributed by atoms with Crippen LogP contribution < -0.4 is 20.1 Å². The highest BCUT2D eigenvalue weighted by Crippen LogP contribution is 2.25. The van der Waals surface area contributed by atoms with E-state index in [1.807, 2.05) is 30.3 Å². The largest absolute Gasteiger partial charge is 0.497 e. The second-order valence-corrected chi connectivity index (χ2v) is 6.53. The van der Waals surface area contributed by atoms with E-state index in [1.165, 1.54) is 18.4 Å². The average molecular weight is 354 g/mol. The number of carbonyl (C=O) groups excluding carboxylic acids is 1. The summed E-state index contributed by atoms with van der Waals surface area (Å²) >= 11 is 0. The van der Waals surface area contributed by atoms with E-state index >= 15 is 0 Å². The van der Waals surface area contributed by atoms with Crippen molar-refractivity contribution in [2.45, 2.75) is 25.3 Å². The van der Waals surface area contributed by atoms with E-state index in [-0.39, 0.29) is 5.91 Å². The number of hydrogen-bond donors (Lipinski definition) is 2. The zero-order valence-corrected chi connectivity index (χ0v) is 15.4. The molecular weight excluding hydrogens is 328 g/mol. The Bertz CT molecular complexity index is 737. The van der Waals surface area contributed by atoms with E-state index in [4.69, 9.17) is 9.47 Å². The second kappa shape index (κ2) is 8.72. The van der Waals surface area contributed by atoms with E-state index in [0.717, 1.165) is 24.4 Å². The molecule has 1 aliphatic heterocycles. The van der Waals surface area contributed by atoms with Gasteiger partial charge in [0.1, 0.15) is 11.5 Å². The molecular formula is C21H26N2O3. The highest BCUT2D eigenvalue weighted by molar-refractivity contribution is 5.94. The van der Waals surface area contributed by atoms with Gasteiger partial charge < -0.3 is 20.1 Å². The van der Waals surface area contributed by atoms with Crippen molar-refractivity contribution in [3.05, 3.63) is 59.2 Å². The maximum atomic E-state index is 12.4. The average Bonchev–Trinajstić information content (AvgIpc) is 2.72. The fourth-order valence-corrected chi connectivity index (χ4v) is 3.32. The molecule has 3 rings (SSSR count). The Labute approximate surface area is 154 Å². The van der Waals surface area contributed by atoms with Gasteiger partial charge in [0, 0.05) is 30.3 Å². The highest BCUT2D eigenvalue weighted by atomic mass is 16.5. The third kappa shape index (κ3) is 4.35. The van der Waals surface area contributed by atoms with Gasteiger partial charge in [0.05, 0.1) is 14.2 Å². The minimum Gasteiger partial charge on any atom is -0.497 e. The smallest absolute Gasteiger partial charge is 0.251 e. The number of nitrogens with one attached hydrogen (secondary N) is 2. The van der Waals surface area contributed by atoms with Gasteiger partial charge in [-0.25, -0.2) is 0 Å². The highest BCUT2D eigenvalue weighted by Gasteiger charge is 2.15. The molecule has 26 heavy (non-hydrogen) atoms. The molecule has 0 saturated carbocycles. The summed E-state index contributed by atoms with van der Waals surface area (Å²) in [4.78, 5) is 12.4. The maximum absolute atomic E-state index is 12.4. The van der Waals surface area contributed by atoms with E-state index in [0.29, 0.717) is 23.8 Å². The number of methoxy groups -OCH3 is 2. The minimum absolute atomic E-state index is 0.0869. The zero-order chi connectivity index (χ0) is 18.4. The monoisotopic (exact) mass is 354 g/mol. The molecule has 0 spiro atoms. The molecule has 5 nitrogen and oxygen atoms in total. The number of rotatable bonds is 6. The van der Waals surface area contributed by atoms with Gasteiger partial charge in [-0.1, -0.05) is 12.1 Å². The van der Waals surface area contributed by atoms with Gasteiger partial charge >= 0.3 is 0 Å². The second-order valence-electron chi connectivity index (χ2n) is 6.53. The van der Waals surface area contributed by atoms with E-state index in [1.54, 1.807) is 14.2 Å². The third-order valence-electron chi connectivity index (χ3n) is 4.87. The molecule has 1 unspecified atom stereocenters. The van der Waals surface area contributed by atoms with Crippen molar-refractivity contribution in [1.82, 2.24) is 10.6 Å². The lowest BCUT2D eigenvalue weighted by molar-refractivity contribution is 0.0950. The standard InChI is InChI=1S/C21H26N2O3/c1-25-19-10-9-18(20(12-19)26-2)14-23-21(24)16-7-5-15(6-8-16)17-4-3-11-22-13-17/h5-10,12,17,22H,3-4,11,13-14H2,1-2H3,(H,23,24). The summed E-state index contributed by atoms with van der Waals surface area (Å²) in [6, 6.07) is 13.5. The third-order valence-corrected chi connectivity index (χ3v) is 4.87. The van der Waals surface area contributed by atoms with Crippen molar-refractivity contribution >= 4 is 5.91 Å². The summed E-state index contributed by atoms with van der Waals surface area (Å²) in [6.07, 6.45) is 2.41. The predicted molar refractivity (Wildman–Crippen MR) is 102 cm³/mol. The molecule has 0 aromatic heterocycles. The predicted octanol–water partition coefficient (Wildman–Crippen LogP) is 3.10. The minimum atomic E-state index is -0.0869. The first-order valence-electron chi connectivity index (χ1n) is 9.01. The first-order valence-corrected chi connectivity index (χ1v) is 9.01. The van der Waals surface area contributed by atoms with Gasteiger partial charge in [-0.2, -0.15) is 0 Å². The van der Waals surface area contributed by atoms with Crippen LogP contribution >= 0.6 is 0 Å². The van der Waals surface area contributed by atoms with Crippen LogP contribution in [0.1, 0.15) is 40.2 Å².